The number of hydrogen-bond acceptors (Lipinski definition) is 2. The average molecular weight is 314 g/mol. The molecule has 0 aliphatic heterocycles. The Morgan fingerprint density at radius 1 is 1.62 bits per heavy atom. The summed E-state index contributed by atoms with van der Waals surface area (Å²) in [7, 11) is 0. The second-order valence-corrected chi connectivity index (χ2v) is 3.51. The van der Waals surface area contributed by atoms with E-state index >= 15 is 0 Å². The molecule has 0 aliphatic carbocycles. The number of hydrogen-bond donors (Lipinski definition) is 0. The fraction of sp³-hybridized carbons (Fsp3) is 0.143. The maximum atomic E-state index is 12.3. The van der Waals surface area contributed by atoms with Crippen LogP contribution in [0.3, 0.4) is 0 Å². The van der Waals surface area contributed by atoms with Crippen LogP contribution in [0.2, 0.25) is 5.02 Å². The number of pyridine rings is 1. The number of halogens is 4. The van der Waals surface area contributed by atoms with Crippen LogP contribution in [-0.4, -0.2) is 4.98 Å². The molecule has 13 heavy (non-hydrogen) atoms. The molecular formula is C7H2ClF2IN2. The van der Waals surface area contributed by atoms with Crippen LogP contribution in [0.4, 0.5) is 8.78 Å². The van der Waals surface area contributed by atoms with Crippen LogP contribution < -0.4 is 0 Å². The van der Waals surface area contributed by atoms with Gasteiger partial charge in [-0.15, -0.1) is 0 Å². The zero-order valence-corrected chi connectivity index (χ0v) is 8.97. The van der Waals surface area contributed by atoms with Crippen molar-refractivity contribution in [3.63, 3.8) is 0 Å². The van der Waals surface area contributed by atoms with Gasteiger partial charge in [-0.3, -0.25) is 0 Å². The fourth-order valence-corrected chi connectivity index (χ4v) is 1.37. The van der Waals surface area contributed by atoms with Crippen molar-refractivity contribution in [1.82, 2.24) is 4.98 Å². The molecule has 1 aromatic heterocycles. The zero-order chi connectivity index (χ0) is 10.0. The van der Waals surface area contributed by atoms with Crippen LogP contribution in [0.5, 0.6) is 0 Å². The Morgan fingerprint density at radius 2 is 2.23 bits per heavy atom. The highest BCUT2D eigenvalue weighted by Gasteiger charge is 2.18. The molecule has 0 N–H and O–H groups in total. The molecule has 0 atom stereocenters. The topological polar surface area (TPSA) is 36.7 Å². The first kappa shape index (κ1) is 10.6. The van der Waals surface area contributed by atoms with Crippen molar-refractivity contribution in [2.24, 2.45) is 0 Å². The molecule has 1 rings (SSSR count). The second-order valence-electron chi connectivity index (χ2n) is 2.11. The van der Waals surface area contributed by atoms with E-state index in [2.05, 4.69) is 4.98 Å². The maximum Gasteiger partial charge on any atom is 0.266 e. The molecule has 0 bridgehead atoms. The smallest absolute Gasteiger partial charge is 0.248 e. The van der Waals surface area contributed by atoms with Gasteiger partial charge in [-0.2, -0.15) is 5.26 Å². The quantitative estimate of drug-likeness (QED) is 0.590. The van der Waals surface area contributed by atoms with Crippen molar-refractivity contribution < 1.29 is 8.78 Å². The third kappa shape index (κ3) is 2.06. The van der Waals surface area contributed by atoms with Gasteiger partial charge in [0.05, 0.1) is 16.1 Å². The SMILES string of the molecule is N#Cc1c(C(F)F)cnc(I)c1Cl. The lowest BCUT2D eigenvalue weighted by Gasteiger charge is -2.04. The van der Waals surface area contributed by atoms with Crippen molar-refractivity contribution in [3.05, 3.63) is 26.0 Å². The lowest BCUT2D eigenvalue weighted by Crippen LogP contribution is -1.96. The summed E-state index contributed by atoms with van der Waals surface area (Å²) in [5.41, 5.74) is -0.621. The Bertz CT molecular complexity index is 375. The van der Waals surface area contributed by atoms with Crippen molar-refractivity contribution in [1.29, 1.82) is 5.26 Å². The molecule has 0 aromatic carbocycles. The number of rotatable bonds is 1. The predicted octanol–water partition coefficient (Wildman–Crippen LogP) is 3.15. The number of nitrogens with zero attached hydrogens (tertiary/aromatic N) is 2. The predicted molar refractivity (Wildman–Crippen MR) is 51.6 cm³/mol. The summed E-state index contributed by atoms with van der Waals surface area (Å²) >= 11 is 7.39. The molecular weight excluding hydrogens is 312 g/mol. The minimum atomic E-state index is -2.73. The molecule has 68 valence electrons. The normalized spacial score (nSPS) is 10.2. The first-order valence-electron chi connectivity index (χ1n) is 3.10. The van der Waals surface area contributed by atoms with Crippen molar-refractivity contribution in [3.8, 4) is 6.07 Å². The molecule has 0 amide bonds. The van der Waals surface area contributed by atoms with E-state index in [1.165, 1.54) is 0 Å². The Balaban J connectivity index is 3.41. The third-order valence-electron chi connectivity index (χ3n) is 1.35. The molecule has 0 aliphatic rings. The van der Waals surface area contributed by atoms with Gasteiger partial charge >= 0.3 is 0 Å². The van der Waals surface area contributed by atoms with Crippen molar-refractivity contribution >= 4 is 34.2 Å². The average Bonchev–Trinajstić information content (AvgIpc) is 2.09. The van der Waals surface area contributed by atoms with Gasteiger partial charge < -0.3 is 0 Å². The van der Waals surface area contributed by atoms with E-state index in [0.29, 0.717) is 3.70 Å². The zero-order valence-electron chi connectivity index (χ0n) is 6.06. The lowest BCUT2D eigenvalue weighted by atomic mass is 10.2. The second kappa shape index (κ2) is 4.15. The van der Waals surface area contributed by atoms with E-state index in [1.54, 1.807) is 28.7 Å². The standard InChI is InChI=1S/C7H2ClF2IN2/c8-5-3(1-12)4(6(9)10)2-13-7(5)11/h2,6H. The van der Waals surface area contributed by atoms with Crippen molar-refractivity contribution in [2.75, 3.05) is 0 Å². The van der Waals surface area contributed by atoms with Gasteiger partial charge in [0.15, 0.2) is 0 Å². The fourth-order valence-electron chi connectivity index (χ4n) is 0.756. The molecule has 0 spiro atoms. The van der Waals surface area contributed by atoms with Crippen molar-refractivity contribution in [2.45, 2.75) is 6.43 Å². The molecule has 0 saturated heterocycles. The summed E-state index contributed by atoms with van der Waals surface area (Å²) in [6.45, 7) is 0. The van der Waals surface area contributed by atoms with Crippen LogP contribution in [0.15, 0.2) is 6.20 Å². The van der Waals surface area contributed by atoms with Gasteiger partial charge in [0, 0.05) is 6.20 Å². The number of aromatic nitrogens is 1. The van der Waals surface area contributed by atoms with E-state index < -0.39 is 12.0 Å². The maximum absolute atomic E-state index is 12.3. The van der Waals surface area contributed by atoms with Gasteiger partial charge in [0.2, 0.25) is 0 Å². The first-order valence-corrected chi connectivity index (χ1v) is 4.55. The molecule has 0 saturated carbocycles. The largest absolute Gasteiger partial charge is 0.266 e. The molecule has 0 unspecified atom stereocenters. The summed E-state index contributed by atoms with van der Waals surface area (Å²) in [6.07, 6.45) is -1.76. The van der Waals surface area contributed by atoms with Crippen LogP contribution in [0, 0.1) is 15.0 Å². The van der Waals surface area contributed by atoms with Gasteiger partial charge in [-0.25, -0.2) is 13.8 Å². The highest BCUT2D eigenvalue weighted by Crippen LogP contribution is 2.29. The Morgan fingerprint density at radius 3 is 2.69 bits per heavy atom. The minimum Gasteiger partial charge on any atom is -0.248 e. The molecule has 0 radical (unpaired) electrons. The summed E-state index contributed by atoms with van der Waals surface area (Å²) < 4.78 is 24.9. The van der Waals surface area contributed by atoms with E-state index in [9.17, 15) is 8.78 Å². The molecule has 0 fully saturated rings. The van der Waals surface area contributed by atoms with Gasteiger partial charge in [-0.1, -0.05) is 11.6 Å². The van der Waals surface area contributed by atoms with Crippen LogP contribution in [0.1, 0.15) is 17.6 Å². The molecule has 1 aromatic rings. The summed E-state index contributed by atoms with van der Waals surface area (Å²) in [5, 5.41) is 8.56. The number of nitriles is 1. The monoisotopic (exact) mass is 314 g/mol. The van der Waals surface area contributed by atoms with E-state index in [0.717, 1.165) is 6.20 Å². The van der Waals surface area contributed by atoms with Crippen LogP contribution in [-0.2, 0) is 0 Å². The Hall–Kier alpha value is -0.480. The summed E-state index contributed by atoms with van der Waals surface area (Å²) in [4.78, 5) is 3.63. The van der Waals surface area contributed by atoms with Gasteiger partial charge in [0.1, 0.15) is 9.77 Å². The highest BCUT2D eigenvalue weighted by molar-refractivity contribution is 14.1. The first-order chi connectivity index (χ1) is 6.07. The summed E-state index contributed by atoms with van der Waals surface area (Å²) in [5.74, 6) is 0. The minimum absolute atomic E-state index is 0.0131. The summed E-state index contributed by atoms with van der Waals surface area (Å²) in [6, 6.07) is 1.63. The Labute approximate surface area is 91.7 Å². The molecule has 2 nitrogen and oxygen atoms in total. The van der Waals surface area contributed by atoms with E-state index in [1.807, 2.05) is 0 Å². The van der Waals surface area contributed by atoms with Gasteiger partial charge in [0.25, 0.3) is 6.43 Å². The third-order valence-corrected chi connectivity index (χ3v) is 2.86. The van der Waals surface area contributed by atoms with Crippen LogP contribution >= 0.6 is 34.2 Å². The van der Waals surface area contributed by atoms with Crippen LogP contribution in [0.25, 0.3) is 0 Å². The Kier molecular flexibility index (Phi) is 3.39. The lowest BCUT2D eigenvalue weighted by molar-refractivity contribution is 0.150. The number of alkyl halides is 2. The van der Waals surface area contributed by atoms with Gasteiger partial charge in [-0.05, 0) is 22.6 Å². The molecule has 6 heteroatoms. The highest BCUT2D eigenvalue weighted by atomic mass is 127. The van der Waals surface area contributed by atoms with E-state index in [-0.39, 0.29) is 10.6 Å². The van der Waals surface area contributed by atoms with E-state index in [4.69, 9.17) is 16.9 Å². The molecule has 1 heterocycles.